The van der Waals surface area contributed by atoms with Crippen molar-refractivity contribution in [1.82, 2.24) is 0 Å². The highest BCUT2D eigenvalue weighted by molar-refractivity contribution is 6.76. The molecule has 0 aromatic rings. The van der Waals surface area contributed by atoms with Crippen LogP contribution in [0, 0.1) is 6.42 Å². The van der Waals surface area contributed by atoms with Crippen molar-refractivity contribution in [2.45, 2.75) is 89.5 Å². The standard InChI is InChI=1S/C15H33OSi2/c1-17(2,3)14-10-13-15(16-18(4,5)6)11-8-7-9-12-15/h10H,7-9,11-14H2,1-6H3/q+1. The van der Waals surface area contributed by atoms with Gasteiger partial charge in [-0.25, -0.2) is 0 Å². The van der Waals surface area contributed by atoms with E-state index in [0.717, 1.165) is 0 Å². The van der Waals surface area contributed by atoms with Crippen molar-refractivity contribution in [1.29, 1.82) is 0 Å². The van der Waals surface area contributed by atoms with Crippen LogP contribution in [0.15, 0.2) is 0 Å². The van der Waals surface area contributed by atoms with E-state index in [1.807, 2.05) is 0 Å². The summed E-state index contributed by atoms with van der Waals surface area (Å²) >= 11 is 0. The first-order valence-corrected chi connectivity index (χ1v) is 14.8. The summed E-state index contributed by atoms with van der Waals surface area (Å²) < 4.78 is 6.60. The normalized spacial score (nSPS) is 20.8. The van der Waals surface area contributed by atoms with Crippen molar-refractivity contribution in [3.8, 4) is 0 Å². The van der Waals surface area contributed by atoms with E-state index in [2.05, 4.69) is 45.7 Å². The van der Waals surface area contributed by atoms with Gasteiger partial charge in [0, 0.05) is 0 Å². The molecule has 0 bridgehead atoms. The lowest BCUT2D eigenvalue weighted by Gasteiger charge is -2.40. The Morgan fingerprint density at radius 1 is 0.944 bits per heavy atom. The van der Waals surface area contributed by atoms with Crippen molar-refractivity contribution in [3.05, 3.63) is 6.42 Å². The first-order valence-electron chi connectivity index (χ1n) is 7.64. The third-order valence-corrected chi connectivity index (χ3v) is 6.12. The molecule has 3 heteroatoms. The molecule has 0 aromatic carbocycles. The highest BCUT2D eigenvalue weighted by atomic mass is 28.4. The summed E-state index contributed by atoms with van der Waals surface area (Å²) in [6, 6.07) is 1.34. The van der Waals surface area contributed by atoms with Crippen molar-refractivity contribution >= 4 is 16.4 Å². The zero-order chi connectivity index (χ0) is 13.9. The molecule has 0 atom stereocenters. The molecule has 0 unspecified atom stereocenters. The summed E-state index contributed by atoms with van der Waals surface area (Å²) in [4.78, 5) is 0. The Kier molecular flexibility index (Phi) is 5.57. The minimum Gasteiger partial charge on any atom is -0.408 e. The van der Waals surface area contributed by atoms with Gasteiger partial charge in [0.15, 0.2) is 8.32 Å². The fraction of sp³-hybridized carbons (Fsp3) is 0.933. The highest BCUT2D eigenvalue weighted by Gasteiger charge is 2.40. The zero-order valence-electron chi connectivity index (χ0n) is 13.4. The van der Waals surface area contributed by atoms with Crippen LogP contribution in [0.25, 0.3) is 0 Å². The fourth-order valence-corrected chi connectivity index (χ4v) is 5.56. The Labute approximate surface area is 117 Å². The molecule has 0 amide bonds. The number of rotatable bonds is 6. The van der Waals surface area contributed by atoms with Crippen LogP contribution >= 0.6 is 0 Å². The van der Waals surface area contributed by atoms with E-state index in [-0.39, 0.29) is 5.60 Å². The smallest absolute Gasteiger partial charge is 0.184 e. The molecule has 106 valence electrons. The molecule has 0 heterocycles. The van der Waals surface area contributed by atoms with Gasteiger partial charge in [0.05, 0.1) is 26.1 Å². The summed E-state index contributed by atoms with van der Waals surface area (Å²) in [6.45, 7) is 14.4. The minimum absolute atomic E-state index is 0.211. The Hall–Kier alpha value is 0.264. The molecule has 0 aliphatic heterocycles. The number of hydrogen-bond acceptors (Lipinski definition) is 1. The minimum atomic E-state index is -1.42. The van der Waals surface area contributed by atoms with Gasteiger partial charge < -0.3 is 4.43 Å². The molecular weight excluding hydrogens is 252 g/mol. The van der Waals surface area contributed by atoms with Crippen LogP contribution in [-0.2, 0) is 4.43 Å². The zero-order valence-corrected chi connectivity index (χ0v) is 15.4. The topological polar surface area (TPSA) is 9.23 Å². The van der Waals surface area contributed by atoms with Gasteiger partial charge in [-0.1, -0.05) is 38.9 Å². The maximum Gasteiger partial charge on any atom is 0.184 e. The van der Waals surface area contributed by atoms with Gasteiger partial charge in [0.2, 0.25) is 0 Å². The highest BCUT2D eigenvalue weighted by Crippen LogP contribution is 2.38. The molecule has 1 aliphatic carbocycles. The molecule has 1 saturated carbocycles. The predicted octanol–water partition coefficient (Wildman–Crippen LogP) is 5.47. The van der Waals surface area contributed by atoms with Gasteiger partial charge in [-0.3, -0.25) is 0 Å². The summed E-state index contributed by atoms with van der Waals surface area (Å²) in [5, 5.41) is 0. The Morgan fingerprint density at radius 3 is 1.94 bits per heavy atom. The molecule has 0 aromatic heterocycles. The average Bonchev–Trinajstić information content (AvgIpc) is 2.13. The van der Waals surface area contributed by atoms with Crippen LogP contribution in [0.1, 0.15) is 38.5 Å². The van der Waals surface area contributed by atoms with Crippen molar-refractivity contribution in [2.24, 2.45) is 0 Å². The predicted molar refractivity (Wildman–Crippen MR) is 87.3 cm³/mol. The van der Waals surface area contributed by atoms with E-state index in [4.69, 9.17) is 4.43 Å². The Morgan fingerprint density at radius 2 is 1.50 bits per heavy atom. The molecule has 0 N–H and O–H groups in total. The van der Waals surface area contributed by atoms with Gasteiger partial charge >= 0.3 is 0 Å². The van der Waals surface area contributed by atoms with Crippen LogP contribution in [0.2, 0.25) is 45.3 Å². The van der Waals surface area contributed by atoms with Crippen molar-refractivity contribution in [2.75, 3.05) is 0 Å². The van der Waals surface area contributed by atoms with Gasteiger partial charge in [-0.15, -0.1) is 0 Å². The van der Waals surface area contributed by atoms with E-state index in [1.165, 1.54) is 44.6 Å². The first kappa shape index (κ1) is 16.3. The van der Waals surface area contributed by atoms with Crippen LogP contribution < -0.4 is 0 Å². The lowest BCUT2D eigenvalue weighted by molar-refractivity contribution is 0.0221. The van der Waals surface area contributed by atoms with E-state index in [0.29, 0.717) is 0 Å². The Balaban J connectivity index is 2.55. The van der Waals surface area contributed by atoms with Gasteiger partial charge in [0.25, 0.3) is 0 Å². The van der Waals surface area contributed by atoms with Crippen LogP contribution in [0.4, 0.5) is 0 Å². The second-order valence-electron chi connectivity index (χ2n) is 8.22. The van der Waals surface area contributed by atoms with Gasteiger partial charge in [-0.05, 0) is 32.5 Å². The van der Waals surface area contributed by atoms with Crippen LogP contribution in [0.5, 0.6) is 0 Å². The lowest BCUT2D eigenvalue weighted by Crippen LogP contribution is -2.44. The molecule has 0 saturated heterocycles. The maximum atomic E-state index is 6.60. The molecule has 1 fully saturated rings. The van der Waals surface area contributed by atoms with Gasteiger partial charge in [0.1, 0.15) is 6.42 Å². The molecule has 1 nitrogen and oxygen atoms in total. The second-order valence-corrected chi connectivity index (χ2v) is 18.2. The largest absolute Gasteiger partial charge is 0.408 e. The van der Waals surface area contributed by atoms with E-state index in [1.54, 1.807) is 0 Å². The molecule has 1 aliphatic rings. The van der Waals surface area contributed by atoms with E-state index in [9.17, 15) is 0 Å². The Bertz CT molecular complexity index is 244. The van der Waals surface area contributed by atoms with Crippen molar-refractivity contribution < 1.29 is 4.43 Å². The maximum absolute atomic E-state index is 6.60. The molecule has 1 rings (SSSR count). The molecule has 18 heavy (non-hydrogen) atoms. The quantitative estimate of drug-likeness (QED) is 0.464. The van der Waals surface area contributed by atoms with Crippen molar-refractivity contribution in [3.63, 3.8) is 0 Å². The second kappa shape index (κ2) is 6.14. The summed E-state index contributed by atoms with van der Waals surface area (Å²) in [6.07, 6.45) is 10.5. The molecule has 0 spiro atoms. The monoisotopic (exact) mass is 285 g/mol. The molecule has 0 radical (unpaired) electrons. The fourth-order valence-electron chi connectivity index (χ4n) is 2.96. The summed E-state index contributed by atoms with van der Waals surface area (Å²) in [5.41, 5.74) is 0.211. The third-order valence-electron chi connectivity index (χ3n) is 3.56. The van der Waals surface area contributed by atoms with E-state index >= 15 is 0 Å². The van der Waals surface area contributed by atoms with Crippen LogP contribution in [-0.4, -0.2) is 22.0 Å². The summed E-state index contributed by atoms with van der Waals surface area (Å²) in [7, 11) is -2.35. The molecular formula is C15H33OSi2+. The summed E-state index contributed by atoms with van der Waals surface area (Å²) in [5.74, 6) is 0. The van der Waals surface area contributed by atoms with Gasteiger partial charge in [-0.2, -0.15) is 0 Å². The number of hydrogen-bond donors (Lipinski definition) is 0. The first-order chi connectivity index (χ1) is 8.12. The lowest BCUT2D eigenvalue weighted by atomic mass is 9.82. The van der Waals surface area contributed by atoms with E-state index < -0.39 is 16.4 Å². The SMILES string of the molecule is C[Si](C)(C)C[CH+]CC1(O[Si](C)(C)C)CCCCC1. The van der Waals surface area contributed by atoms with Crippen LogP contribution in [0.3, 0.4) is 0 Å². The average molecular weight is 286 g/mol. The third kappa shape index (κ3) is 6.44.